The summed E-state index contributed by atoms with van der Waals surface area (Å²) in [6, 6.07) is 2.14. The van der Waals surface area contributed by atoms with Crippen molar-refractivity contribution >= 4 is 11.3 Å². The molecule has 1 aromatic heterocycles. The second-order valence-corrected chi connectivity index (χ2v) is 5.77. The van der Waals surface area contributed by atoms with E-state index in [1.165, 1.54) is 5.56 Å². The first kappa shape index (κ1) is 12.7. The Kier molecular flexibility index (Phi) is 3.93. The minimum atomic E-state index is -0.707. The zero-order valence-electron chi connectivity index (χ0n) is 10.0. The van der Waals surface area contributed by atoms with Crippen molar-refractivity contribution in [2.75, 3.05) is 6.54 Å². The molecule has 0 aliphatic rings. The van der Waals surface area contributed by atoms with E-state index in [1.807, 2.05) is 27.7 Å². The monoisotopic (exact) mass is 227 g/mol. The van der Waals surface area contributed by atoms with E-state index < -0.39 is 5.60 Å². The second kappa shape index (κ2) is 4.64. The molecule has 0 unspecified atom stereocenters. The van der Waals surface area contributed by atoms with Crippen molar-refractivity contribution in [3.05, 3.63) is 22.4 Å². The molecule has 0 atom stereocenters. The Morgan fingerprint density at radius 2 is 2.00 bits per heavy atom. The number of thiophene rings is 1. The third-order valence-electron chi connectivity index (χ3n) is 3.09. The average Bonchev–Trinajstić information content (AvgIpc) is 2.54. The molecule has 2 nitrogen and oxygen atoms in total. The molecular weight excluding hydrogens is 206 g/mol. The van der Waals surface area contributed by atoms with E-state index in [9.17, 15) is 5.11 Å². The Morgan fingerprint density at radius 3 is 2.47 bits per heavy atom. The topological polar surface area (TPSA) is 32.3 Å². The lowest BCUT2D eigenvalue weighted by atomic mass is 9.86. The number of rotatable bonds is 5. The summed E-state index contributed by atoms with van der Waals surface area (Å²) in [5.41, 5.74) is 0.393. The first-order valence-electron chi connectivity index (χ1n) is 5.31. The van der Waals surface area contributed by atoms with Gasteiger partial charge in [0.05, 0.1) is 5.60 Å². The molecule has 0 radical (unpaired) electrons. The van der Waals surface area contributed by atoms with Crippen LogP contribution >= 0.6 is 11.3 Å². The lowest BCUT2D eigenvalue weighted by molar-refractivity contribution is -0.00408. The second-order valence-electron chi connectivity index (χ2n) is 4.99. The highest BCUT2D eigenvalue weighted by Crippen LogP contribution is 2.20. The quantitative estimate of drug-likeness (QED) is 0.810. The molecule has 86 valence electrons. The Labute approximate surface area is 96.3 Å². The third kappa shape index (κ3) is 3.59. The molecule has 0 aromatic carbocycles. The summed E-state index contributed by atoms with van der Waals surface area (Å²) in [5, 5.41) is 17.6. The molecule has 0 saturated heterocycles. The van der Waals surface area contributed by atoms with E-state index in [-0.39, 0.29) is 5.54 Å². The maximum Gasteiger partial charge on any atom is 0.0767 e. The fourth-order valence-electron chi connectivity index (χ4n) is 1.17. The lowest BCUT2D eigenvalue weighted by Crippen LogP contribution is -2.56. The minimum absolute atomic E-state index is 0.261. The molecule has 0 bridgehead atoms. The van der Waals surface area contributed by atoms with Gasteiger partial charge >= 0.3 is 0 Å². The van der Waals surface area contributed by atoms with Crippen LogP contribution in [-0.4, -0.2) is 22.8 Å². The maximum absolute atomic E-state index is 9.94. The van der Waals surface area contributed by atoms with E-state index in [2.05, 4.69) is 22.1 Å². The predicted octanol–water partition coefficient (Wildman–Crippen LogP) is 2.43. The smallest absolute Gasteiger partial charge is 0.0767 e. The molecule has 0 fully saturated rings. The van der Waals surface area contributed by atoms with Crippen LogP contribution in [0.4, 0.5) is 0 Å². The van der Waals surface area contributed by atoms with Crippen LogP contribution in [0.15, 0.2) is 16.8 Å². The standard InChI is InChI=1S/C12H21NOS/c1-11(2,12(3,4)14)13-7-5-10-6-8-15-9-10/h6,8-9,13-14H,5,7H2,1-4H3. The summed E-state index contributed by atoms with van der Waals surface area (Å²) in [5.74, 6) is 0. The SMILES string of the molecule is CC(C)(O)C(C)(C)NCCc1ccsc1. The normalized spacial score (nSPS) is 13.1. The van der Waals surface area contributed by atoms with E-state index in [0.717, 1.165) is 13.0 Å². The fourth-order valence-corrected chi connectivity index (χ4v) is 1.87. The molecule has 0 aliphatic heterocycles. The minimum Gasteiger partial charge on any atom is -0.389 e. The van der Waals surface area contributed by atoms with Crippen LogP contribution in [0.25, 0.3) is 0 Å². The van der Waals surface area contributed by atoms with Crippen LogP contribution in [0.5, 0.6) is 0 Å². The van der Waals surface area contributed by atoms with Crippen LogP contribution < -0.4 is 5.32 Å². The summed E-state index contributed by atoms with van der Waals surface area (Å²) >= 11 is 1.73. The van der Waals surface area contributed by atoms with Crippen molar-refractivity contribution < 1.29 is 5.11 Å². The van der Waals surface area contributed by atoms with Gasteiger partial charge in [0.1, 0.15) is 0 Å². The molecule has 0 saturated carbocycles. The first-order chi connectivity index (χ1) is 6.83. The summed E-state index contributed by atoms with van der Waals surface area (Å²) < 4.78 is 0. The van der Waals surface area contributed by atoms with Gasteiger partial charge in [-0.3, -0.25) is 0 Å². The van der Waals surface area contributed by atoms with Crippen molar-refractivity contribution in [2.45, 2.75) is 45.3 Å². The first-order valence-corrected chi connectivity index (χ1v) is 6.26. The highest BCUT2D eigenvalue weighted by molar-refractivity contribution is 7.07. The number of hydrogen-bond acceptors (Lipinski definition) is 3. The van der Waals surface area contributed by atoms with Crippen LogP contribution in [0, 0.1) is 0 Å². The summed E-state index contributed by atoms with van der Waals surface area (Å²) in [7, 11) is 0. The van der Waals surface area contributed by atoms with E-state index in [4.69, 9.17) is 0 Å². The van der Waals surface area contributed by atoms with Gasteiger partial charge in [-0.05, 0) is 63.1 Å². The van der Waals surface area contributed by atoms with Gasteiger partial charge in [0.25, 0.3) is 0 Å². The fraction of sp³-hybridized carbons (Fsp3) is 0.667. The number of aliphatic hydroxyl groups is 1. The maximum atomic E-state index is 9.94. The third-order valence-corrected chi connectivity index (χ3v) is 3.82. The molecule has 1 heterocycles. The Hall–Kier alpha value is -0.380. The van der Waals surface area contributed by atoms with Gasteiger partial charge in [-0.1, -0.05) is 0 Å². The average molecular weight is 227 g/mol. The van der Waals surface area contributed by atoms with Crippen LogP contribution in [0.1, 0.15) is 33.3 Å². The van der Waals surface area contributed by atoms with Gasteiger partial charge in [0.15, 0.2) is 0 Å². The van der Waals surface area contributed by atoms with Gasteiger partial charge < -0.3 is 10.4 Å². The summed E-state index contributed by atoms with van der Waals surface area (Å²) in [6.07, 6.45) is 1.02. The predicted molar refractivity (Wildman–Crippen MR) is 66.4 cm³/mol. The van der Waals surface area contributed by atoms with Crippen molar-refractivity contribution in [3.63, 3.8) is 0 Å². The van der Waals surface area contributed by atoms with E-state index >= 15 is 0 Å². The largest absolute Gasteiger partial charge is 0.389 e. The van der Waals surface area contributed by atoms with Crippen LogP contribution in [0.3, 0.4) is 0 Å². The molecule has 0 spiro atoms. The molecule has 1 aromatic rings. The van der Waals surface area contributed by atoms with Crippen molar-refractivity contribution in [1.29, 1.82) is 0 Å². The van der Waals surface area contributed by atoms with Crippen molar-refractivity contribution in [1.82, 2.24) is 5.32 Å². The van der Waals surface area contributed by atoms with E-state index in [0.29, 0.717) is 0 Å². The Balaban J connectivity index is 2.37. The van der Waals surface area contributed by atoms with E-state index in [1.54, 1.807) is 11.3 Å². The van der Waals surface area contributed by atoms with Gasteiger partial charge in [0.2, 0.25) is 0 Å². The Bertz CT molecular complexity index is 285. The van der Waals surface area contributed by atoms with Gasteiger partial charge in [0, 0.05) is 5.54 Å². The molecule has 15 heavy (non-hydrogen) atoms. The molecule has 1 rings (SSSR count). The molecule has 0 aliphatic carbocycles. The molecule has 3 heteroatoms. The van der Waals surface area contributed by atoms with Crippen molar-refractivity contribution in [3.8, 4) is 0 Å². The summed E-state index contributed by atoms with van der Waals surface area (Å²) in [4.78, 5) is 0. The molecular formula is C12H21NOS. The number of nitrogens with one attached hydrogen (secondary N) is 1. The highest BCUT2D eigenvalue weighted by atomic mass is 32.1. The van der Waals surface area contributed by atoms with Gasteiger partial charge in [-0.2, -0.15) is 11.3 Å². The van der Waals surface area contributed by atoms with Crippen LogP contribution in [-0.2, 0) is 6.42 Å². The zero-order chi connectivity index (χ0) is 11.5. The van der Waals surface area contributed by atoms with Gasteiger partial charge in [-0.15, -0.1) is 0 Å². The van der Waals surface area contributed by atoms with Crippen LogP contribution in [0.2, 0.25) is 0 Å². The molecule has 2 N–H and O–H groups in total. The number of hydrogen-bond donors (Lipinski definition) is 2. The Morgan fingerprint density at radius 1 is 1.33 bits per heavy atom. The summed E-state index contributed by atoms with van der Waals surface area (Å²) in [6.45, 7) is 8.63. The van der Waals surface area contributed by atoms with Gasteiger partial charge in [-0.25, -0.2) is 0 Å². The zero-order valence-corrected chi connectivity index (χ0v) is 10.8. The lowest BCUT2D eigenvalue weighted by Gasteiger charge is -2.38. The molecule has 0 amide bonds. The highest BCUT2D eigenvalue weighted by Gasteiger charge is 2.33. The van der Waals surface area contributed by atoms with Crippen molar-refractivity contribution in [2.24, 2.45) is 0 Å².